The summed E-state index contributed by atoms with van der Waals surface area (Å²) in [6, 6.07) is 13.7. The van der Waals surface area contributed by atoms with E-state index in [1.54, 1.807) is 6.07 Å². The molecule has 3 aromatic rings. The number of aromatic nitrogens is 4. The summed E-state index contributed by atoms with van der Waals surface area (Å²) < 4.78 is 6.88. The molecule has 120 valence electrons. The van der Waals surface area contributed by atoms with E-state index >= 15 is 0 Å². The summed E-state index contributed by atoms with van der Waals surface area (Å²) in [6.45, 7) is 2.15. The molecule has 0 saturated heterocycles. The van der Waals surface area contributed by atoms with Gasteiger partial charge in [0.05, 0.1) is 6.61 Å². The molecule has 2 N–H and O–H groups in total. The Morgan fingerprint density at radius 1 is 1.13 bits per heavy atom. The minimum atomic E-state index is -0.335. The SMILES string of the molecule is O=c1[nH]nc2ccc(NCCCCOCc3ccccc3)nn12. The molecule has 3 rings (SSSR count). The second-order valence-corrected chi connectivity index (χ2v) is 5.19. The van der Waals surface area contributed by atoms with Crippen molar-refractivity contribution in [3.63, 3.8) is 0 Å². The van der Waals surface area contributed by atoms with E-state index < -0.39 is 0 Å². The Bertz CT molecular complexity index is 797. The molecule has 0 unspecified atom stereocenters. The first-order valence-corrected chi connectivity index (χ1v) is 7.63. The maximum absolute atomic E-state index is 11.4. The van der Waals surface area contributed by atoms with Crippen molar-refractivity contribution in [3.8, 4) is 0 Å². The zero-order valence-electron chi connectivity index (χ0n) is 12.7. The van der Waals surface area contributed by atoms with Crippen LogP contribution in [0.1, 0.15) is 18.4 Å². The summed E-state index contributed by atoms with van der Waals surface area (Å²) >= 11 is 0. The van der Waals surface area contributed by atoms with Crippen LogP contribution >= 0.6 is 0 Å². The molecule has 0 radical (unpaired) electrons. The molecule has 0 aliphatic heterocycles. The van der Waals surface area contributed by atoms with Gasteiger partial charge in [-0.2, -0.15) is 9.61 Å². The van der Waals surface area contributed by atoms with Crippen molar-refractivity contribution in [1.82, 2.24) is 19.8 Å². The number of unbranched alkanes of at least 4 members (excludes halogenated alkanes) is 1. The molecule has 0 aliphatic carbocycles. The highest BCUT2D eigenvalue weighted by Gasteiger charge is 2.02. The van der Waals surface area contributed by atoms with Gasteiger partial charge in [0.25, 0.3) is 0 Å². The number of benzene rings is 1. The van der Waals surface area contributed by atoms with Crippen molar-refractivity contribution in [2.24, 2.45) is 0 Å². The van der Waals surface area contributed by atoms with Crippen LogP contribution in [-0.2, 0) is 11.3 Å². The van der Waals surface area contributed by atoms with Crippen molar-refractivity contribution >= 4 is 11.5 Å². The van der Waals surface area contributed by atoms with Gasteiger partial charge < -0.3 is 10.1 Å². The molecule has 7 heteroatoms. The largest absolute Gasteiger partial charge is 0.377 e. The van der Waals surface area contributed by atoms with Gasteiger partial charge in [-0.05, 0) is 30.5 Å². The normalized spacial score (nSPS) is 11.0. The van der Waals surface area contributed by atoms with E-state index in [0.29, 0.717) is 18.1 Å². The van der Waals surface area contributed by atoms with Crippen LogP contribution in [0.2, 0.25) is 0 Å². The molecular weight excluding hydrogens is 294 g/mol. The molecule has 0 saturated carbocycles. The second kappa shape index (κ2) is 7.55. The van der Waals surface area contributed by atoms with Crippen molar-refractivity contribution in [2.75, 3.05) is 18.5 Å². The zero-order chi connectivity index (χ0) is 15.9. The van der Waals surface area contributed by atoms with E-state index in [9.17, 15) is 4.79 Å². The summed E-state index contributed by atoms with van der Waals surface area (Å²) in [5, 5.41) is 13.6. The fourth-order valence-corrected chi connectivity index (χ4v) is 2.21. The van der Waals surface area contributed by atoms with Crippen molar-refractivity contribution in [3.05, 3.63) is 58.5 Å². The van der Waals surface area contributed by atoms with E-state index in [1.165, 1.54) is 10.1 Å². The van der Waals surface area contributed by atoms with Crippen molar-refractivity contribution in [2.45, 2.75) is 19.4 Å². The Hall–Kier alpha value is -2.67. The number of hydrogen-bond acceptors (Lipinski definition) is 5. The third kappa shape index (κ3) is 4.17. The van der Waals surface area contributed by atoms with Gasteiger partial charge in [0.1, 0.15) is 5.82 Å². The van der Waals surface area contributed by atoms with Crippen LogP contribution in [0.4, 0.5) is 5.82 Å². The number of fused-ring (bicyclic) bond motifs is 1. The predicted octanol–water partition coefficient (Wildman–Crippen LogP) is 1.83. The number of aromatic amines is 1. The van der Waals surface area contributed by atoms with Gasteiger partial charge >= 0.3 is 5.69 Å². The summed E-state index contributed by atoms with van der Waals surface area (Å²) in [6.07, 6.45) is 1.93. The summed E-state index contributed by atoms with van der Waals surface area (Å²) in [5.41, 5.74) is 1.36. The highest BCUT2D eigenvalue weighted by molar-refractivity contribution is 5.42. The molecule has 0 spiro atoms. The zero-order valence-corrected chi connectivity index (χ0v) is 12.7. The fraction of sp³-hybridized carbons (Fsp3) is 0.312. The Labute approximate surface area is 133 Å². The highest BCUT2D eigenvalue weighted by atomic mass is 16.5. The van der Waals surface area contributed by atoms with Crippen LogP contribution in [-0.4, -0.2) is 33.0 Å². The third-order valence-electron chi connectivity index (χ3n) is 3.41. The van der Waals surface area contributed by atoms with Crippen LogP contribution in [0.3, 0.4) is 0 Å². The number of ether oxygens (including phenoxy) is 1. The first kappa shape index (κ1) is 15.2. The first-order chi connectivity index (χ1) is 11.3. The Balaban J connectivity index is 1.34. The molecule has 0 bridgehead atoms. The van der Waals surface area contributed by atoms with Gasteiger partial charge in [0.2, 0.25) is 0 Å². The molecule has 2 aromatic heterocycles. The lowest BCUT2D eigenvalue weighted by molar-refractivity contribution is 0.118. The summed E-state index contributed by atoms with van der Waals surface area (Å²) in [5.74, 6) is 0.659. The molecule has 1 aromatic carbocycles. The Morgan fingerprint density at radius 3 is 2.87 bits per heavy atom. The summed E-state index contributed by atoms with van der Waals surface area (Å²) in [4.78, 5) is 11.4. The van der Waals surface area contributed by atoms with E-state index in [-0.39, 0.29) is 5.69 Å². The van der Waals surface area contributed by atoms with Crippen LogP contribution in [0.5, 0.6) is 0 Å². The molecule has 0 atom stereocenters. The predicted molar refractivity (Wildman–Crippen MR) is 87.4 cm³/mol. The van der Waals surface area contributed by atoms with Gasteiger partial charge in [-0.25, -0.2) is 9.89 Å². The average molecular weight is 313 g/mol. The third-order valence-corrected chi connectivity index (χ3v) is 3.41. The number of nitrogens with one attached hydrogen (secondary N) is 2. The fourth-order valence-electron chi connectivity index (χ4n) is 2.21. The minimum Gasteiger partial charge on any atom is -0.377 e. The van der Waals surface area contributed by atoms with E-state index in [0.717, 1.165) is 26.0 Å². The molecule has 0 amide bonds. The lowest BCUT2D eigenvalue weighted by atomic mass is 10.2. The average Bonchev–Trinajstić information content (AvgIpc) is 2.96. The Kier molecular flexibility index (Phi) is 5.00. The van der Waals surface area contributed by atoms with Gasteiger partial charge in [0.15, 0.2) is 5.65 Å². The van der Waals surface area contributed by atoms with Gasteiger partial charge in [-0.15, -0.1) is 5.10 Å². The van der Waals surface area contributed by atoms with E-state index in [4.69, 9.17) is 4.74 Å². The van der Waals surface area contributed by atoms with Crippen LogP contribution in [0.15, 0.2) is 47.3 Å². The second-order valence-electron chi connectivity index (χ2n) is 5.19. The van der Waals surface area contributed by atoms with Gasteiger partial charge in [-0.3, -0.25) is 0 Å². The van der Waals surface area contributed by atoms with Crippen LogP contribution in [0, 0.1) is 0 Å². The van der Waals surface area contributed by atoms with Crippen LogP contribution < -0.4 is 11.0 Å². The Morgan fingerprint density at radius 2 is 2.00 bits per heavy atom. The number of nitrogens with zero attached hydrogens (tertiary/aromatic N) is 3. The molecule has 0 aliphatic rings. The quantitative estimate of drug-likeness (QED) is 0.620. The molecule has 23 heavy (non-hydrogen) atoms. The summed E-state index contributed by atoms with van der Waals surface area (Å²) in [7, 11) is 0. The van der Waals surface area contributed by atoms with E-state index in [2.05, 4.69) is 32.7 Å². The maximum Gasteiger partial charge on any atom is 0.364 e. The molecular formula is C16H19N5O2. The lowest BCUT2D eigenvalue weighted by Crippen LogP contribution is -2.14. The first-order valence-electron chi connectivity index (χ1n) is 7.63. The molecule has 2 heterocycles. The molecule has 0 fully saturated rings. The lowest BCUT2D eigenvalue weighted by Gasteiger charge is -2.06. The van der Waals surface area contributed by atoms with E-state index in [1.807, 2.05) is 24.3 Å². The number of hydrogen-bond donors (Lipinski definition) is 2. The monoisotopic (exact) mass is 313 g/mol. The minimum absolute atomic E-state index is 0.335. The van der Waals surface area contributed by atoms with Gasteiger partial charge in [0, 0.05) is 13.2 Å². The smallest absolute Gasteiger partial charge is 0.364 e. The number of H-pyrrole nitrogens is 1. The molecule has 7 nitrogen and oxygen atoms in total. The maximum atomic E-state index is 11.4. The van der Waals surface area contributed by atoms with Crippen LogP contribution in [0.25, 0.3) is 5.65 Å². The van der Waals surface area contributed by atoms with Crippen molar-refractivity contribution in [1.29, 1.82) is 0 Å². The standard InChI is InChI=1S/C16H19N5O2/c22-16-19-18-15-9-8-14(20-21(15)16)17-10-4-5-11-23-12-13-6-2-1-3-7-13/h1-3,6-9H,4-5,10-12H2,(H,17,20)(H,19,22). The van der Waals surface area contributed by atoms with Gasteiger partial charge in [-0.1, -0.05) is 30.3 Å². The van der Waals surface area contributed by atoms with Crippen molar-refractivity contribution < 1.29 is 4.74 Å². The number of anilines is 1. The number of rotatable bonds is 8. The highest BCUT2D eigenvalue weighted by Crippen LogP contribution is 2.04. The topological polar surface area (TPSA) is 84.3 Å².